The molecule has 3 nitrogen and oxygen atoms in total. The van der Waals surface area contributed by atoms with Crippen molar-refractivity contribution < 1.29 is 31.1 Å². The fraction of sp³-hybridized carbons (Fsp3) is 0.250. The zero-order chi connectivity index (χ0) is 12.3. The van der Waals surface area contributed by atoms with E-state index in [0.717, 1.165) is 6.07 Å². The van der Waals surface area contributed by atoms with E-state index >= 15 is 0 Å². The lowest BCUT2D eigenvalue weighted by Gasteiger charge is -2.10. The molecule has 0 saturated heterocycles. The molecule has 0 aliphatic heterocycles. The van der Waals surface area contributed by atoms with Crippen LogP contribution in [0.3, 0.4) is 0 Å². The van der Waals surface area contributed by atoms with Crippen LogP contribution in [0.2, 0.25) is 0 Å². The van der Waals surface area contributed by atoms with Crippen LogP contribution in [0.5, 0.6) is 5.75 Å². The molecule has 1 rings (SSSR count). The van der Waals surface area contributed by atoms with Crippen molar-refractivity contribution in [2.75, 3.05) is 5.94 Å². The molecule has 0 spiro atoms. The van der Waals surface area contributed by atoms with Gasteiger partial charge in [0.2, 0.25) is 0 Å². The molecule has 1 atom stereocenters. The minimum atomic E-state index is -4.83. The Morgan fingerprint density at radius 3 is 2.50 bits per heavy atom. The summed E-state index contributed by atoms with van der Waals surface area (Å²) in [4.78, 5) is 0. The van der Waals surface area contributed by atoms with Gasteiger partial charge in [-0.3, -0.25) is 0 Å². The summed E-state index contributed by atoms with van der Waals surface area (Å²) in [5.74, 6) is -2.43. The Hall–Kier alpha value is -1.15. The van der Waals surface area contributed by atoms with E-state index in [0.29, 0.717) is 12.1 Å². The summed E-state index contributed by atoms with van der Waals surface area (Å²) in [7, 11) is 0. The Bertz CT molecular complexity index is 405. The quantitative estimate of drug-likeness (QED) is 0.669. The molecule has 1 aromatic rings. The smallest absolute Gasteiger partial charge is 0.419 e. The second kappa shape index (κ2) is 4.79. The van der Waals surface area contributed by atoms with E-state index in [2.05, 4.69) is 4.74 Å². The zero-order valence-corrected chi connectivity index (χ0v) is 8.44. The lowest BCUT2D eigenvalue weighted by atomic mass is 10.2. The van der Waals surface area contributed by atoms with Crippen LogP contribution in [-0.4, -0.2) is 14.7 Å². The van der Waals surface area contributed by atoms with Crippen molar-refractivity contribution >= 4 is 11.1 Å². The summed E-state index contributed by atoms with van der Waals surface area (Å²) in [6.07, 6.45) is -4.83. The summed E-state index contributed by atoms with van der Waals surface area (Å²) in [6.45, 7) is 0. The van der Waals surface area contributed by atoms with Gasteiger partial charge in [0.25, 0.3) is 0 Å². The third-order valence-corrected chi connectivity index (χ3v) is 1.89. The lowest BCUT2D eigenvalue weighted by Crippen LogP contribution is -2.09. The number of alkyl halides is 3. The number of hydrogen-bond acceptors (Lipinski definition) is 2. The number of benzene rings is 1. The average molecular weight is 258 g/mol. The Labute approximate surface area is 90.3 Å². The molecule has 0 heterocycles. The molecule has 16 heavy (non-hydrogen) atoms. The number of ether oxygens (including phenoxy) is 1. The predicted octanol–water partition coefficient (Wildman–Crippen LogP) is 2.40. The number of halogens is 4. The first-order chi connectivity index (χ1) is 7.30. The molecule has 1 unspecified atom stereocenters. The van der Waals surface area contributed by atoms with Crippen LogP contribution in [-0.2, 0) is 17.3 Å². The SMILES string of the molecule is O=S(O)COc1ccc(F)c(C(F)(F)F)c1. The molecule has 1 N–H and O–H groups in total. The zero-order valence-electron chi connectivity index (χ0n) is 7.62. The fourth-order valence-electron chi connectivity index (χ4n) is 0.930. The van der Waals surface area contributed by atoms with E-state index in [1.807, 2.05) is 0 Å². The molecule has 0 amide bonds. The maximum atomic E-state index is 12.8. The highest BCUT2D eigenvalue weighted by molar-refractivity contribution is 7.79. The van der Waals surface area contributed by atoms with Gasteiger partial charge >= 0.3 is 6.18 Å². The Balaban J connectivity index is 2.94. The van der Waals surface area contributed by atoms with E-state index in [-0.39, 0.29) is 5.75 Å². The van der Waals surface area contributed by atoms with Crippen LogP contribution in [0, 0.1) is 5.82 Å². The molecule has 0 aliphatic carbocycles. The van der Waals surface area contributed by atoms with Gasteiger partial charge in [0, 0.05) is 0 Å². The van der Waals surface area contributed by atoms with E-state index in [4.69, 9.17) is 4.55 Å². The van der Waals surface area contributed by atoms with E-state index in [1.54, 1.807) is 0 Å². The summed E-state index contributed by atoms with van der Waals surface area (Å²) in [6, 6.07) is 1.96. The number of rotatable bonds is 3. The Morgan fingerprint density at radius 2 is 2.00 bits per heavy atom. The van der Waals surface area contributed by atoms with Gasteiger partial charge < -0.3 is 9.29 Å². The molecule has 0 radical (unpaired) electrons. The largest absolute Gasteiger partial charge is 0.478 e. The third kappa shape index (κ3) is 3.46. The highest BCUT2D eigenvalue weighted by Gasteiger charge is 2.34. The van der Waals surface area contributed by atoms with Crippen molar-refractivity contribution in [3.05, 3.63) is 29.6 Å². The van der Waals surface area contributed by atoms with Gasteiger partial charge in [-0.2, -0.15) is 13.2 Å². The van der Waals surface area contributed by atoms with E-state index < -0.39 is 34.6 Å². The van der Waals surface area contributed by atoms with Crippen molar-refractivity contribution in [3.8, 4) is 5.75 Å². The molecule has 0 fully saturated rings. The fourth-order valence-corrected chi connectivity index (χ4v) is 1.17. The van der Waals surface area contributed by atoms with Gasteiger partial charge in [0.05, 0.1) is 5.56 Å². The first-order valence-electron chi connectivity index (χ1n) is 3.87. The van der Waals surface area contributed by atoms with Gasteiger partial charge in [-0.15, -0.1) is 0 Å². The predicted molar refractivity (Wildman–Crippen MR) is 47.7 cm³/mol. The molecule has 0 aliphatic rings. The van der Waals surface area contributed by atoms with Crippen LogP contribution in [0.1, 0.15) is 5.56 Å². The third-order valence-electron chi connectivity index (χ3n) is 1.57. The van der Waals surface area contributed by atoms with Crippen LogP contribution >= 0.6 is 0 Å². The molecular formula is C8H6F4O3S. The molecule has 8 heteroatoms. The van der Waals surface area contributed by atoms with Crippen molar-refractivity contribution in [3.63, 3.8) is 0 Å². The van der Waals surface area contributed by atoms with Crippen molar-refractivity contribution in [2.24, 2.45) is 0 Å². The van der Waals surface area contributed by atoms with Gasteiger partial charge in [0.15, 0.2) is 17.0 Å². The summed E-state index contributed by atoms with van der Waals surface area (Å²) in [5, 5.41) is 0. The molecule has 0 aromatic heterocycles. The average Bonchev–Trinajstić information content (AvgIpc) is 2.14. The van der Waals surface area contributed by atoms with Crippen molar-refractivity contribution in [1.29, 1.82) is 0 Å². The Morgan fingerprint density at radius 1 is 1.38 bits per heavy atom. The topological polar surface area (TPSA) is 46.5 Å². The van der Waals surface area contributed by atoms with Crippen LogP contribution in [0.25, 0.3) is 0 Å². The number of hydrogen-bond donors (Lipinski definition) is 1. The molecule has 90 valence electrons. The Kier molecular flexibility index (Phi) is 3.87. The van der Waals surface area contributed by atoms with Crippen LogP contribution < -0.4 is 4.74 Å². The second-order valence-electron chi connectivity index (χ2n) is 2.72. The first kappa shape index (κ1) is 12.9. The second-order valence-corrected chi connectivity index (χ2v) is 3.60. The van der Waals surface area contributed by atoms with Crippen LogP contribution in [0.15, 0.2) is 18.2 Å². The molecule has 1 aromatic carbocycles. The highest BCUT2D eigenvalue weighted by Crippen LogP contribution is 2.33. The van der Waals surface area contributed by atoms with Gasteiger partial charge in [-0.25, -0.2) is 8.60 Å². The van der Waals surface area contributed by atoms with E-state index in [1.165, 1.54) is 0 Å². The molecular weight excluding hydrogens is 252 g/mol. The summed E-state index contributed by atoms with van der Waals surface area (Å²) in [5.41, 5.74) is -1.48. The maximum absolute atomic E-state index is 12.8. The minimum Gasteiger partial charge on any atom is -0.478 e. The van der Waals surface area contributed by atoms with Crippen molar-refractivity contribution in [1.82, 2.24) is 0 Å². The van der Waals surface area contributed by atoms with Crippen LogP contribution in [0.4, 0.5) is 17.6 Å². The summed E-state index contributed by atoms with van der Waals surface area (Å²) < 4.78 is 72.5. The van der Waals surface area contributed by atoms with E-state index in [9.17, 15) is 21.8 Å². The lowest BCUT2D eigenvalue weighted by molar-refractivity contribution is -0.140. The van der Waals surface area contributed by atoms with Crippen molar-refractivity contribution in [2.45, 2.75) is 6.18 Å². The van der Waals surface area contributed by atoms with Gasteiger partial charge in [0.1, 0.15) is 11.6 Å². The summed E-state index contributed by atoms with van der Waals surface area (Å²) >= 11 is -2.30. The monoisotopic (exact) mass is 258 g/mol. The maximum Gasteiger partial charge on any atom is 0.419 e. The first-order valence-corrected chi connectivity index (χ1v) is 5.15. The van der Waals surface area contributed by atoms with Gasteiger partial charge in [-0.05, 0) is 18.2 Å². The molecule has 0 saturated carbocycles. The standard InChI is InChI=1S/C8H6F4O3S/c9-7-2-1-5(15-4-16(13)14)3-6(7)8(10,11)12/h1-3H,4H2,(H,13,14). The molecule has 0 bridgehead atoms. The highest BCUT2D eigenvalue weighted by atomic mass is 32.2. The minimum absolute atomic E-state index is 0.323. The normalized spacial score (nSPS) is 13.6. The van der Waals surface area contributed by atoms with Gasteiger partial charge in [-0.1, -0.05) is 0 Å².